The van der Waals surface area contributed by atoms with E-state index in [4.69, 9.17) is 0 Å². The second-order valence-electron chi connectivity index (χ2n) is 5.70. The van der Waals surface area contributed by atoms with E-state index in [1.807, 2.05) is 30.3 Å². The van der Waals surface area contributed by atoms with Gasteiger partial charge >= 0.3 is 0 Å². The molecule has 3 nitrogen and oxygen atoms in total. The van der Waals surface area contributed by atoms with Crippen molar-refractivity contribution in [3.05, 3.63) is 70.6 Å². The zero-order chi connectivity index (χ0) is 17.3. The van der Waals surface area contributed by atoms with Crippen molar-refractivity contribution in [3.63, 3.8) is 0 Å². The first kappa shape index (κ1) is 16.5. The molecule has 1 unspecified atom stereocenters. The molecule has 2 N–H and O–H groups in total. The van der Waals surface area contributed by atoms with Gasteiger partial charge in [-0.2, -0.15) is 0 Å². The summed E-state index contributed by atoms with van der Waals surface area (Å²) < 4.78 is 28.3. The maximum Gasteiger partial charge on any atom is 0.257 e. The van der Waals surface area contributed by atoms with Crippen molar-refractivity contribution in [1.82, 2.24) is 5.32 Å². The molecule has 0 spiro atoms. The molecule has 0 saturated carbocycles. The molecule has 124 valence electrons. The van der Waals surface area contributed by atoms with Crippen molar-refractivity contribution in [1.29, 1.82) is 0 Å². The molecule has 0 saturated heterocycles. The van der Waals surface area contributed by atoms with E-state index in [2.05, 4.69) is 5.32 Å². The molecule has 3 rings (SSSR count). The van der Waals surface area contributed by atoms with Crippen LogP contribution in [0.4, 0.5) is 8.78 Å². The van der Waals surface area contributed by atoms with Crippen LogP contribution >= 0.6 is 11.3 Å². The van der Waals surface area contributed by atoms with Gasteiger partial charge in [-0.05, 0) is 36.6 Å². The van der Waals surface area contributed by atoms with Crippen LogP contribution < -0.4 is 5.32 Å². The predicted octanol–water partition coefficient (Wildman–Crippen LogP) is 3.82. The van der Waals surface area contributed by atoms with E-state index < -0.39 is 28.7 Å². The van der Waals surface area contributed by atoms with Crippen molar-refractivity contribution < 1.29 is 18.7 Å². The van der Waals surface area contributed by atoms with Gasteiger partial charge in [0.05, 0.1) is 6.54 Å². The van der Waals surface area contributed by atoms with Crippen LogP contribution in [0.3, 0.4) is 0 Å². The molecule has 0 bridgehead atoms. The number of carbonyl (C=O) groups excluding carboxylic acids is 1. The smallest absolute Gasteiger partial charge is 0.257 e. The average Bonchev–Trinajstić information content (AvgIpc) is 2.98. The van der Waals surface area contributed by atoms with Crippen molar-refractivity contribution in [2.24, 2.45) is 0 Å². The Kier molecular flexibility index (Phi) is 4.34. The van der Waals surface area contributed by atoms with Crippen LogP contribution in [0.2, 0.25) is 0 Å². The number of halogens is 2. The quantitative estimate of drug-likeness (QED) is 0.754. The topological polar surface area (TPSA) is 49.3 Å². The van der Waals surface area contributed by atoms with E-state index in [9.17, 15) is 18.7 Å². The van der Waals surface area contributed by atoms with E-state index in [0.29, 0.717) is 4.88 Å². The minimum Gasteiger partial charge on any atom is -0.383 e. The summed E-state index contributed by atoms with van der Waals surface area (Å²) in [5.41, 5.74) is -1.99. The molecule has 0 aliphatic carbocycles. The summed E-state index contributed by atoms with van der Waals surface area (Å²) >= 11 is 1.41. The molecule has 6 heteroatoms. The van der Waals surface area contributed by atoms with Crippen molar-refractivity contribution in [3.8, 4) is 0 Å². The average molecular weight is 347 g/mol. The molecular formula is C18H15F2NO2S. The molecule has 2 aromatic carbocycles. The van der Waals surface area contributed by atoms with Gasteiger partial charge in [0.1, 0.15) is 22.8 Å². The molecule has 24 heavy (non-hydrogen) atoms. The Labute approximate surface area is 141 Å². The molecule has 0 aliphatic heterocycles. The number of fused-ring (bicyclic) bond motifs is 1. The summed E-state index contributed by atoms with van der Waals surface area (Å²) in [6.45, 7) is 1.39. The molecule has 0 radical (unpaired) electrons. The van der Waals surface area contributed by atoms with Crippen LogP contribution in [0.15, 0.2) is 48.5 Å². The third kappa shape index (κ3) is 3.16. The molecule has 1 aromatic heterocycles. The fraction of sp³-hybridized carbons (Fsp3) is 0.167. The summed E-state index contributed by atoms with van der Waals surface area (Å²) in [6, 6.07) is 12.7. The van der Waals surface area contributed by atoms with Crippen LogP contribution in [0.25, 0.3) is 10.1 Å². The first-order valence-corrected chi connectivity index (χ1v) is 8.14. The number of amides is 1. The largest absolute Gasteiger partial charge is 0.383 e. The summed E-state index contributed by atoms with van der Waals surface area (Å²) in [6.07, 6.45) is 0. The molecule has 1 amide bonds. The van der Waals surface area contributed by atoms with E-state index in [-0.39, 0.29) is 6.54 Å². The predicted molar refractivity (Wildman–Crippen MR) is 90.1 cm³/mol. The van der Waals surface area contributed by atoms with Gasteiger partial charge in [0.15, 0.2) is 0 Å². The van der Waals surface area contributed by atoms with E-state index in [0.717, 1.165) is 22.2 Å². The van der Waals surface area contributed by atoms with Gasteiger partial charge in [-0.25, -0.2) is 8.78 Å². The van der Waals surface area contributed by atoms with E-state index >= 15 is 0 Å². The summed E-state index contributed by atoms with van der Waals surface area (Å²) in [5, 5.41) is 14.0. The summed E-state index contributed by atoms with van der Waals surface area (Å²) in [7, 11) is 0. The van der Waals surface area contributed by atoms with Crippen LogP contribution in [-0.4, -0.2) is 17.6 Å². The number of thiophene rings is 1. The summed E-state index contributed by atoms with van der Waals surface area (Å²) in [5.74, 6) is -2.77. The van der Waals surface area contributed by atoms with Gasteiger partial charge in [0.2, 0.25) is 0 Å². The third-order valence-electron chi connectivity index (χ3n) is 3.74. The van der Waals surface area contributed by atoms with Crippen LogP contribution in [0.5, 0.6) is 0 Å². The molecule has 1 atom stereocenters. The number of carbonyl (C=O) groups is 1. The van der Waals surface area contributed by atoms with Crippen molar-refractivity contribution >= 4 is 27.3 Å². The molecule has 0 fully saturated rings. The van der Waals surface area contributed by atoms with Crippen molar-refractivity contribution in [2.45, 2.75) is 12.5 Å². The van der Waals surface area contributed by atoms with Gasteiger partial charge in [-0.3, -0.25) is 4.79 Å². The Bertz CT molecular complexity index is 852. The van der Waals surface area contributed by atoms with Gasteiger partial charge in [0.25, 0.3) is 5.91 Å². The minimum atomic E-state index is -1.35. The monoisotopic (exact) mass is 347 g/mol. The first-order valence-electron chi connectivity index (χ1n) is 7.32. The number of benzene rings is 2. The van der Waals surface area contributed by atoms with Gasteiger partial charge in [-0.15, -0.1) is 11.3 Å². The number of aliphatic hydroxyl groups is 1. The minimum absolute atomic E-state index is 0.160. The highest BCUT2D eigenvalue weighted by Crippen LogP contribution is 2.32. The second-order valence-corrected chi connectivity index (χ2v) is 6.79. The summed E-state index contributed by atoms with van der Waals surface area (Å²) in [4.78, 5) is 12.7. The highest BCUT2D eigenvalue weighted by atomic mass is 32.1. The zero-order valence-electron chi connectivity index (χ0n) is 12.8. The molecular weight excluding hydrogens is 332 g/mol. The third-order valence-corrected chi connectivity index (χ3v) is 5.11. The zero-order valence-corrected chi connectivity index (χ0v) is 13.7. The van der Waals surface area contributed by atoms with E-state index in [1.54, 1.807) is 6.92 Å². The highest BCUT2D eigenvalue weighted by molar-refractivity contribution is 7.19. The Morgan fingerprint density at radius 2 is 1.83 bits per heavy atom. The Hall–Kier alpha value is -2.31. The Morgan fingerprint density at radius 1 is 1.17 bits per heavy atom. The van der Waals surface area contributed by atoms with Gasteiger partial charge in [-0.1, -0.05) is 24.3 Å². The normalized spacial score (nSPS) is 13.7. The standard InChI is InChI=1S/C18H15F2NO2S/c1-18(23,15-9-11-5-2-3-8-14(11)24-15)10-21-17(22)16-12(19)6-4-7-13(16)20/h2-9,23H,10H2,1H3,(H,21,22). The lowest BCUT2D eigenvalue weighted by Gasteiger charge is -2.22. The van der Waals surface area contributed by atoms with Crippen LogP contribution in [0, 0.1) is 11.6 Å². The maximum atomic E-state index is 13.6. The fourth-order valence-electron chi connectivity index (χ4n) is 2.39. The highest BCUT2D eigenvalue weighted by Gasteiger charge is 2.27. The lowest BCUT2D eigenvalue weighted by molar-refractivity contribution is 0.0554. The molecule has 1 heterocycles. The Balaban J connectivity index is 1.78. The van der Waals surface area contributed by atoms with Crippen LogP contribution in [0.1, 0.15) is 22.2 Å². The maximum absolute atomic E-state index is 13.6. The fourth-order valence-corrected chi connectivity index (χ4v) is 3.50. The lowest BCUT2D eigenvalue weighted by atomic mass is 10.0. The number of nitrogens with one attached hydrogen (secondary N) is 1. The molecule has 3 aromatic rings. The number of hydrogen-bond acceptors (Lipinski definition) is 3. The Morgan fingerprint density at radius 3 is 2.50 bits per heavy atom. The van der Waals surface area contributed by atoms with E-state index in [1.165, 1.54) is 17.4 Å². The lowest BCUT2D eigenvalue weighted by Crippen LogP contribution is -2.38. The first-order chi connectivity index (χ1) is 11.4. The SMILES string of the molecule is CC(O)(CNC(=O)c1c(F)cccc1F)c1cc2ccccc2s1. The number of hydrogen-bond donors (Lipinski definition) is 2. The second kappa shape index (κ2) is 6.30. The van der Waals surface area contributed by atoms with Crippen molar-refractivity contribution in [2.75, 3.05) is 6.54 Å². The number of rotatable bonds is 4. The van der Waals surface area contributed by atoms with Crippen LogP contribution in [-0.2, 0) is 5.60 Å². The molecule has 0 aliphatic rings. The van der Waals surface area contributed by atoms with Gasteiger partial charge < -0.3 is 10.4 Å². The van der Waals surface area contributed by atoms with Gasteiger partial charge in [0, 0.05) is 9.58 Å².